The van der Waals surface area contributed by atoms with Crippen molar-refractivity contribution in [2.45, 2.75) is 4.21 Å². The van der Waals surface area contributed by atoms with Crippen molar-refractivity contribution in [1.29, 1.82) is 0 Å². The molecule has 0 aliphatic rings. The molecule has 0 radical (unpaired) electrons. The summed E-state index contributed by atoms with van der Waals surface area (Å²) < 4.78 is 26.0. The molecule has 0 saturated heterocycles. The summed E-state index contributed by atoms with van der Waals surface area (Å²) in [4.78, 5) is 21.5. The highest BCUT2D eigenvalue weighted by molar-refractivity contribution is 7.94. The first-order valence-electron chi connectivity index (χ1n) is 5.61. The average molecular weight is 343 g/mol. The number of carboxylic acids is 2. The van der Waals surface area contributed by atoms with E-state index in [9.17, 15) is 23.1 Å². The lowest BCUT2D eigenvalue weighted by Gasteiger charge is -2.08. The van der Waals surface area contributed by atoms with Crippen LogP contribution in [0.1, 0.15) is 20.7 Å². The van der Waals surface area contributed by atoms with Gasteiger partial charge >= 0.3 is 11.9 Å². The van der Waals surface area contributed by atoms with E-state index in [0.29, 0.717) is 11.3 Å². The molecule has 0 atom stereocenters. The molecule has 1 aromatic carbocycles. The van der Waals surface area contributed by atoms with Gasteiger partial charge in [-0.1, -0.05) is 0 Å². The van der Waals surface area contributed by atoms with Crippen LogP contribution in [0, 0.1) is 0 Å². The van der Waals surface area contributed by atoms with Gasteiger partial charge in [0.2, 0.25) is 0 Å². The third-order valence-electron chi connectivity index (χ3n) is 2.58. The standard InChI is InChI=1S/C12H9NO7S2/c14-9-3-6(11(15)16)1-2-8(9)13-22(19,20)10-4-7(5-21-10)12(17)18/h1-5,13-14H,(H,15,16)(H,17,18). The Labute approximate surface area is 128 Å². The van der Waals surface area contributed by atoms with Crippen LogP contribution >= 0.6 is 11.3 Å². The Morgan fingerprint density at radius 1 is 1.05 bits per heavy atom. The molecule has 2 aromatic rings. The van der Waals surface area contributed by atoms with Gasteiger partial charge in [0.1, 0.15) is 9.96 Å². The van der Waals surface area contributed by atoms with Gasteiger partial charge < -0.3 is 15.3 Å². The number of phenolic OH excluding ortho intramolecular Hbond substituents is 1. The number of thiophene rings is 1. The monoisotopic (exact) mass is 343 g/mol. The summed E-state index contributed by atoms with van der Waals surface area (Å²) in [7, 11) is -4.08. The molecule has 0 aliphatic carbocycles. The lowest BCUT2D eigenvalue weighted by molar-refractivity contribution is 0.0686. The molecular weight excluding hydrogens is 334 g/mol. The molecule has 0 amide bonds. The summed E-state index contributed by atoms with van der Waals surface area (Å²) in [6.07, 6.45) is 0. The molecule has 116 valence electrons. The van der Waals surface area contributed by atoms with Gasteiger partial charge in [-0.2, -0.15) is 0 Å². The minimum atomic E-state index is -4.08. The zero-order valence-corrected chi connectivity index (χ0v) is 12.3. The van der Waals surface area contributed by atoms with Crippen molar-refractivity contribution in [2.24, 2.45) is 0 Å². The predicted octanol–water partition coefficient (Wildman–Crippen LogP) is 1.65. The number of rotatable bonds is 5. The second-order valence-electron chi connectivity index (χ2n) is 4.10. The number of carboxylic acid groups (broad SMARTS) is 2. The van der Waals surface area contributed by atoms with Crippen LogP contribution in [0.25, 0.3) is 0 Å². The highest BCUT2D eigenvalue weighted by Crippen LogP contribution is 2.29. The Hall–Kier alpha value is -2.59. The van der Waals surface area contributed by atoms with Gasteiger partial charge in [0, 0.05) is 5.38 Å². The third-order valence-corrected chi connectivity index (χ3v) is 5.38. The van der Waals surface area contributed by atoms with Gasteiger partial charge in [-0.15, -0.1) is 11.3 Å². The van der Waals surface area contributed by atoms with E-state index in [2.05, 4.69) is 4.72 Å². The van der Waals surface area contributed by atoms with Crippen molar-refractivity contribution in [1.82, 2.24) is 0 Å². The number of phenols is 1. The first kappa shape index (κ1) is 15.8. The smallest absolute Gasteiger partial charge is 0.336 e. The highest BCUT2D eigenvalue weighted by Gasteiger charge is 2.20. The van der Waals surface area contributed by atoms with Gasteiger partial charge in [0.05, 0.1) is 16.8 Å². The van der Waals surface area contributed by atoms with Crippen LogP contribution in [-0.2, 0) is 10.0 Å². The Bertz CT molecular complexity index is 854. The Morgan fingerprint density at radius 2 is 1.68 bits per heavy atom. The van der Waals surface area contributed by atoms with Crippen LogP contribution in [0.2, 0.25) is 0 Å². The van der Waals surface area contributed by atoms with Crippen LogP contribution < -0.4 is 4.72 Å². The van der Waals surface area contributed by atoms with Gasteiger partial charge in [0.25, 0.3) is 10.0 Å². The molecule has 0 spiro atoms. The molecular formula is C12H9NO7S2. The van der Waals surface area contributed by atoms with E-state index in [0.717, 1.165) is 24.3 Å². The van der Waals surface area contributed by atoms with Crippen molar-refractivity contribution < 1.29 is 33.3 Å². The van der Waals surface area contributed by atoms with Gasteiger partial charge in [0.15, 0.2) is 0 Å². The number of hydrogen-bond acceptors (Lipinski definition) is 6. The summed E-state index contributed by atoms with van der Waals surface area (Å²) in [6.45, 7) is 0. The number of nitrogens with one attached hydrogen (secondary N) is 1. The zero-order chi connectivity index (χ0) is 16.5. The molecule has 0 fully saturated rings. The van der Waals surface area contributed by atoms with Crippen molar-refractivity contribution in [3.8, 4) is 5.75 Å². The Kier molecular flexibility index (Phi) is 4.06. The van der Waals surface area contributed by atoms with E-state index in [4.69, 9.17) is 10.2 Å². The number of sulfonamides is 1. The van der Waals surface area contributed by atoms with Crippen LogP contribution in [0.4, 0.5) is 5.69 Å². The van der Waals surface area contributed by atoms with Crippen molar-refractivity contribution in [3.05, 3.63) is 40.8 Å². The zero-order valence-electron chi connectivity index (χ0n) is 10.7. The van der Waals surface area contributed by atoms with E-state index >= 15 is 0 Å². The highest BCUT2D eigenvalue weighted by atomic mass is 32.2. The molecule has 0 unspecified atom stereocenters. The van der Waals surface area contributed by atoms with E-state index in [1.165, 1.54) is 5.38 Å². The molecule has 1 aromatic heterocycles. The summed E-state index contributed by atoms with van der Waals surface area (Å²) in [5.74, 6) is -3.08. The molecule has 10 heteroatoms. The molecule has 22 heavy (non-hydrogen) atoms. The fraction of sp³-hybridized carbons (Fsp3) is 0. The third kappa shape index (κ3) is 3.18. The SMILES string of the molecule is O=C(O)c1csc(S(=O)(=O)Nc2ccc(C(=O)O)cc2O)c1. The maximum Gasteiger partial charge on any atom is 0.336 e. The summed E-state index contributed by atoms with van der Waals surface area (Å²) >= 11 is 0.711. The lowest BCUT2D eigenvalue weighted by Crippen LogP contribution is -2.12. The maximum absolute atomic E-state index is 12.1. The van der Waals surface area contributed by atoms with Gasteiger partial charge in [-0.05, 0) is 24.3 Å². The van der Waals surface area contributed by atoms with E-state index < -0.39 is 27.7 Å². The second kappa shape index (κ2) is 5.66. The fourth-order valence-electron chi connectivity index (χ4n) is 1.52. The maximum atomic E-state index is 12.1. The quantitative estimate of drug-likeness (QED) is 0.605. The van der Waals surface area contributed by atoms with Crippen molar-refractivity contribution in [3.63, 3.8) is 0 Å². The molecule has 0 bridgehead atoms. The number of benzene rings is 1. The van der Waals surface area contributed by atoms with Gasteiger partial charge in [-0.3, -0.25) is 4.72 Å². The molecule has 0 aliphatic heterocycles. The molecule has 1 heterocycles. The fourth-order valence-corrected chi connectivity index (χ4v) is 3.74. The molecule has 0 saturated carbocycles. The minimum Gasteiger partial charge on any atom is -0.506 e. The summed E-state index contributed by atoms with van der Waals surface area (Å²) in [5.41, 5.74) is -0.587. The normalized spacial score (nSPS) is 11.1. The first-order chi connectivity index (χ1) is 10.2. The minimum absolute atomic E-state index is 0.171. The predicted molar refractivity (Wildman–Crippen MR) is 77.2 cm³/mol. The number of aromatic hydroxyl groups is 1. The number of aromatic carboxylic acids is 2. The Morgan fingerprint density at radius 3 is 2.18 bits per heavy atom. The molecule has 2 rings (SSSR count). The van der Waals surface area contributed by atoms with Crippen molar-refractivity contribution in [2.75, 3.05) is 4.72 Å². The van der Waals surface area contributed by atoms with Crippen molar-refractivity contribution >= 4 is 39.0 Å². The second-order valence-corrected chi connectivity index (χ2v) is 6.92. The number of carbonyl (C=O) groups is 2. The average Bonchev–Trinajstić information content (AvgIpc) is 2.91. The number of hydrogen-bond donors (Lipinski definition) is 4. The topological polar surface area (TPSA) is 141 Å². The Balaban J connectivity index is 2.32. The van der Waals surface area contributed by atoms with Gasteiger partial charge in [-0.25, -0.2) is 18.0 Å². The molecule has 8 nitrogen and oxygen atoms in total. The first-order valence-corrected chi connectivity index (χ1v) is 7.98. The lowest BCUT2D eigenvalue weighted by atomic mass is 10.2. The largest absolute Gasteiger partial charge is 0.506 e. The molecule has 4 N–H and O–H groups in total. The summed E-state index contributed by atoms with van der Waals surface area (Å²) in [5, 5.41) is 28.4. The van der Waals surface area contributed by atoms with Crippen LogP contribution in [-0.4, -0.2) is 35.7 Å². The van der Waals surface area contributed by atoms with E-state index in [-0.39, 0.29) is 21.0 Å². The summed E-state index contributed by atoms with van der Waals surface area (Å²) in [6, 6.07) is 4.11. The van der Waals surface area contributed by atoms with Crippen LogP contribution in [0.5, 0.6) is 5.75 Å². The van der Waals surface area contributed by atoms with E-state index in [1.807, 2.05) is 0 Å². The van der Waals surface area contributed by atoms with Crippen LogP contribution in [0.3, 0.4) is 0 Å². The van der Waals surface area contributed by atoms with Crippen LogP contribution in [0.15, 0.2) is 33.9 Å². The number of anilines is 1. The van der Waals surface area contributed by atoms with E-state index in [1.54, 1.807) is 0 Å².